The lowest BCUT2D eigenvalue weighted by Gasteiger charge is -2.12. The van der Waals surface area contributed by atoms with Crippen molar-refractivity contribution in [3.8, 4) is 0 Å². The van der Waals surface area contributed by atoms with E-state index in [0.717, 1.165) is 0 Å². The van der Waals surface area contributed by atoms with Crippen LogP contribution in [-0.4, -0.2) is 30.2 Å². The summed E-state index contributed by atoms with van der Waals surface area (Å²) in [6, 6.07) is 0. The van der Waals surface area contributed by atoms with Gasteiger partial charge in [0.2, 0.25) is 0 Å². The fourth-order valence-corrected chi connectivity index (χ4v) is 0.454. The lowest BCUT2D eigenvalue weighted by Crippen LogP contribution is -2.33. The first-order valence-corrected chi connectivity index (χ1v) is 3.02. The summed E-state index contributed by atoms with van der Waals surface area (Å²) >= 11 is 0. The van der Waals surface area contributed by atoms with Gasteiger partial charge in [-0.05, 0) is 0 Å². The average molecular weight is 168 g/mol. The zero-order valence-corrected chi connectivity index (χ0v) is 5.81. The van der Waals surface area contributed by atoms with E-state index in [4.69, 9.17) is 10.8 Å². The van der Waals surface area contributed by atoms with Gasteiger partial charge in [-0.2, -0.15) is 0 Å². The topological polar surface area (TPSA) is 75.3 Å². The van der Waals surface area contributed by atoms with Gasteiger partial charge in [0.1, 0.15) is 0 Å². The third-order valence-electron chi connectivity index (χ3n) is 1.07. The van der Waals surface area contributed by atoms with Crippen LogP contribution in [0.3, 0.4) is 0 Å². The minimum Gasteiger partial charge on any atom is -0.465 e. The molecule has 0 saturated carbocycles. The number of alkyl halides is 2. The van der Waals surface area contributed by atoms with Gasteiger partial charge in [0, 0.05) is 13.0 Å². The zero-order chi connectivity index (χ0) is 8.91. The first-order valence-electron chi connectivity index (χ1n) is 3.02. The Morgan fingerprint density at radius 3 is 2.55 bits per heavy atom. The third-order valence-corrected chi connectivity index (χ3v) is 1.07. The summed E-state index contributed by atoms with van der Waals surface area (Å²) in [7, 11) is 0. The highest BCUT2D eigenvalue weighted by Crippen LogP contribution is 2.14. The van der Waals surface area contributed by atoms with Crippen LogP contribution in [0.25, 0.3) is 0 Å². The van der Waals surface area contributed by atoms with Crippen molar-refractivity contribution in [2.45, 2.75) is 12.3 Å². The van der Waals surface area contributed by atoms with E-state index >= 15 is 0 Å². The molecule has 0 bridgehead atoms. The molecule has 0 saturated heterocycles. The molecular weight excluding hydrogens is 158 g/mol. The molecule has 0 aromatic rings. The summed E-state index contributed by atoms with van der Waals surface area (Å²) in [5.41, 5.74) is 4.70. The maximum Gasteiger partial charge on any atom is 0.404 e. The van der Waals surface area contributed by atoms with Crippen LogP contribution in [0.5, 0.6) is 0 Å². The van der Waals surface area contributed by atoms with Crippen LogP contribution in [-0.2, 0) is 0 Å². The number of amides is 1. The number of rotatable bonds is 4. The van der Waals surface area contributed by atoms with Gasteiger partial charge in [0.25, 0.3) is 5.92 Å². The van der Waals surface area contributed by atoms with Gasteiger partial charge in [0.05, 0.1) is 6.54 Å². The minimum absolute atomic E-state index is 0.278. The number of hydrogen-bond donors (Lipinski definition) is 3. The van der Waals surface area contributed by atoms with Gasteiger partial charge in [0.15, 0.2) is 0 Å². The summed E-state index contributed by atoms with van der Waals surface area (Å²) in [5.74, 6) is -2.97. The molecule has 0 heterocycles. The van der Waals surface area contributed by atoms with E-state index < -0.39 is 25.0 Å². The third kappa shape index (κ3) is 5.53. The second-order valence-electron chi connectivity index (χ2n) is 2.04. The molecule has 4 N–H and O–H groups in total. The predicted molar refractivity (Wildman–Crippen MR) is 34.6 cm³/mol. The highest BCUT2D eigenvalue weighted by molar-refractivity contribution is 5.64. The molecule has 4 nitrogen and oxygen atoms in total. The Hall–Kier alpha value is -0.910. The largest absolute Gasteiger partial charge is 0.465 e. The van der Waals surface area contributed by atoms with E-state index in [1.165, 1.54) is 0 Å². The molecule has 0 aromatic heterocycles. The number of carbonyl (C=O) groups is 1. The number of hydrogen-bond acceptors (Lipinski definition) is 2. The van der Waals surface area contributed by atoms with E-state index in [-0.39, 0.29) is 6.54 Å². The molecule has 66 valence electrons. The van der Waals surface area contributed by atoms with E-state index in [1.807, 2.05) is 5.32 Å². The van der Waals surface area contributed by atoms with E-state index in [0.29, 0.717) is 0 Å². The van der Waals surface area contributed by atoms with Gasteiger partial charge in [-0.3, -0.25) is 0 Å². The summed E-state index contributed by atoms with van der Waals surface area (Å²) < 4.78 is 24.5. The van der Waals surface area contributed by atoms with Gasteiger partial charge in [-0.1, -0.05) is 0 Å². The highest BCUT2D eigenvalue weighted by atomic mass is 19.3. The van der Waals surface area contributed by atoms with Crippen LogP contribution < -0.4 is 11.1 Å². The van der Waals surface area contributed by atoms with Gasteiger partial charge in [-0.15, -0.1) is 0 Å². The van der Waals surface area contributed by atoms with Crippen molar-refractivity contribution in [1.82, 2.24) is 5.32 Å². The van der Waals surface area contributed by atoms with Crippen LogP contribution in [0.15, 0.2) is 0 Å². The van der Waals surface area contributed by atoms with Gasteiger partial charge >= 0.3 is 6.09 Å². The maximum absolute atomic E-state index is 12.2. The molecule has 0 aliphatic carbocycles. The average Bonchev–Trinajstić information content (AvgIpc) is 1.87. The molecule has 0 aliphatic rings. The second kappa shape index (κ2) is 4.07. The number of nitrogens with two attached hydrogens (primary N) is 1. The molecule has 0 unspecified atom stereocenters. The van der Waals surface area contributed by atoms with Crippen LogP contribution in [0.2, 0.25) is 0 Å². The molecule has 0 aliphatic heterocycles. The van der Waals surface area contributed by atoms with E-state index in [9.17, 15) is 13.6 Å². The minimum atomic E-state index is -2.97. The first kappa shape index (κ1) is 10.1. The zero-order valence-electron chi connectivity index (χ0n) is 5.81. The molecule has 6 heteroatoms. The van der Waals surface area contributed by atoms with Gasteiger partial charge in [-0.25, -0.2) is 13.6 Å². The molecule has 0 rings (SSSR count). The lowest BCUT2D eigenvalue weighted by molar-refractivity contribution is 0.00303. The summed E-state index contributed by atoms with van der Waals surface area (Å²) in [4.78, 5) is 9.79. The van der Waals surface area contributed by atoms with Crippen molar-refractivity contribution in [3.63, 3.8) is 0 Å². The SMILES string of the molecule is NCC(F)(F)CCNC(=O)O. The van der Waals surface area contributed by atoms with Crippen molar-refractivity contribution < 1.29 is 18.7 Å². The van der Waals surface area contributed by atoms with Crippen molar-refractivity contribution in [2.24, 2.45) is 5.73 Å². The number of carboxylic acid groups (broad SMARTS) is 1. The Labute approximate surface area is 62.4 Å². The van der Waals surface area contributed by atoms with Crippen LogP contribution in [0, 0.1) is 0 Å². The second-order valence-corrected chi connectivity index (χ2v) is 2.04. The molecule has 11 heavy (non-hydrogen) atoms. The highest BCUT2D eigenvalue weighted by Gasteiger charge is 2.25. The molecule has 0 fully saturated rings. The van der Waals surface area contributed by atoms with Crippen molar-refractivity contribution in [1.29, 1.82) is 0 Å². The van der Waals surface area contributed by atoms with Crippen molar-refractivity contribution >= 4 is 6.09 Å². The number of nitrogens with one attached hydrogen (secondary N) is 1. The standard InChI is InChI=1S/C5H10F2N2O2/c6-5(7,3-8)1-2-9-4(10)11/h9H,1-3,8H2,(H,10,11). The molecule has 1 amide bonds. The Balaban J connectivity index is 3.45. The predicted octanol–water partition coefficient (Wildman–Crippen LogP) is 0.238. The smallest absolute Gasteiger partial charge is 0.404 e. The Kier molecular flexibility index (Phi) is 3.73. The fourth-order valence-electron chi connectivity index (χ4n) is 0.454. The Morgan fingerprint density at radius 2 is 2.18 bits per heavy atom. The summed E-state index contributed by atoms with van der Waals surface area (Å²) in [5, 5.41) is 9.81. The van der Waals surface area contributed by atoms with E-state index in [1.54, 1.807) is 0 Å². The first-order chi connectivity index (χ1) is 4.98. The maximum atomic E-state index is 12.2. The van der Waals surface area contributed by atoms with E-state index in [2.05, 4.69) is 0 Å². The normalized spacial score (nSPS) is 11.2. The van der Waals surface area contributed by atoms with Gasteiger partial charge < -0.3 is 16.2 Å². The summed E-state index contributed by atoms with van der Waals surface area (Å²) in [6.07, 6.45) is -1.87. The molecular formula is C5H10F2N2O2. The molecule has 0 atom stereocenters. The number of halogens is 2. The Morgan fingerprint density at radius 1 is 1.64 bits per heavy atom. The molecule has 0 radical (unpaired) electrons. The van der Waals surface area contributed by atoms with Crippen LogP contribution in [0.4, 0.5) is 13.6 Å². The van der Waals surface area contributed by atoms with Crippen LogP contribution in [0.1, 0.15) is 6.42 Å². The lowest BCUT2D eigenvalue weighted by atomic mass is 10.2. The van der Waals surface area contributed by atoms with Crippen LogP contribution >= 0.6 is 0 Å². The van der Waals surface area contributed by atoms with Crippen molar-refractivity contribution in [2.75, 3.05) is 13.1 Å². The molecule has 0 aromatic carbocycles. The van der Waals surface area contributed by atoms with Crippen molar-refractivity contribution in [3.05, 3.63) is 0 Å². The summed E-state index contributed by atoms with van der Waals surface area (Å²) in [6.45, 7) is -1.03. The fraction of sp³-hybridized carbons (Fsp3) is 0.800. The Bertz CT molecular complexity index is 140. The molecule has 0 spiro atoms. The monoisotopic (exact) mass is 168 g/mol. The quantitative estimate of drug-likeness (QED) is 0.562.